The molecule has 1 heterocycles. The van der Waals surface area contributed by atoms with Crippen molar-refractivity contribution in [2.75, 3.05) is 6.54 Å². The monoisotopic (exact) mass is 568 g/mol. The molecule has 1 fully saturated rings. The minimum absolute atomic E-state index is 0.0271. The van der Waals surface area contributed by atoms with E-state index in [2.05, 4.69) is 11.1 Å². The maximum Gasteiger partial charge on any atom is 0.430 e. The second-order valence-electron chi connectivity index (χ2n) is 8.43. The summed E-state index contributed by atoms with van der Waals surface area (Å²) in [6.07, 6.45) is -4.89. The van der Waals surface area contributed by atoms with Gasteiger partial charge in [-0.1, -0.05) is 60.3 Å². The Bertz CT molecular complexity index is 1170. The molecule has 39 heavy (non-hydrogen) atoms. The van der Waals surface area contributed by atoms with Crippen LogP contribution in [0.15, 0.2) is 65.6 Å². The summed E-state index contributed by atoms with van der Waals surface area (Å²) in [5.74, 6) is -4.55. The highest BCUT2D eigenvalue weighted by molar-refractivity contribution is 8.00. The van der Waals surface area contributed by atoms with Gasteiger partial charge in [-0.3, -0.25) is 19.2 Å². The summed E-state index contributed by atoms with van der Waals surface area (Å²) < 4.78 is 31.5. The maximum absolute atomic E-state index is 13.5. The van der Waals surface area contributed by atoms with E-state index in [9.17, 15) is 32.3 Å². The standard InChI is InChI=1S/C23H26N4O4S.C2HF3O2/c24-17(14-20(25)29)21(30)26-18(13-15-7-3-1-4-8-15)22(31)27-12-11-19(28)23(27)32-16-9-5-2-6-10-16;3-2(4,5)1(6)7/h1-10,17-18,23H,11-14,24H2,(H2,25,29)(H,26,30);(H,6,7)/t17-,18-,23?;/m0./s1. The number of nitrogens with one attached hydrogen (secondary N) is 1. The Labute approximate surface area is 225 Å². The highest BCUT2D eigenvalue weighted by Gasteiger charge is 2.40. The molecule has 2 aromatic rings. The lowest BCUT2D eigenvalue weighted by Gasteiger charge is -2.28. The van der Waals surface area contributed by atoms with E-state index in [0.29, 0.717) is 6.54 Å². The molecule has 1 aliphatic heterocycles. The molecule has 1 saturated heterocycles. The van der Waals surface area contributed by atoms with E-state index in [0.717, 1.165) is 10.5 Å². The Morgan fingerprint density at radius 2 is 1.62 bits per heavy atom. The number of Topliss-reactive ketones (excluding diaryl/α,β-unsaturated/α-hetero) is 1. The second kappa shape index (κ2) is 14.3. The van der Waals surface area contributed by atoms with E-state index >= 15 is 0 Å². The molecule has 1 unspecified atom stereocenters. The predicted molar refractivity (Wildman–Crippen MR) is 131 cm³/mol. The van der Waals surface area contributed by atoms with Crippen LogP contribution in [0.3, 0.4) is 0 Å². The molecule has 3 atom stereocenters. The number of nitrogens with zero attached hydrogens (tertiary/aromatic N) is 1. The minimum Gasteiger partial charge on any atom is -0.542 e. The van der Waals surface area contributed by atoms with Crippen molar-refractivity contribution in [2.45, 2.75) is 47.8 Å². The van der Waals surface area contributed by atoms with Crippen molar-refractivity contribution in [1.82, 2.24) is 10.2 Å². The normalized spacial score (nSPS) is 16.5. The van der Waals surface area contributed by atoms with E-state index in [1.807, 2.05) is 60.7 Å². The lowest BCUT2D eigenvalue weighted by molar-refractivity contribution is -0.402. The molecule has 0 aliphatic carbocycles. The van der Waals surface area contributed by atoms with E-state index in [4.69, 9.17) is 15.6 Å². The van der Waals surface area contributed by atoms with E-state index in [1.165, 1.54) is 16.7 Å². The maximum atomic E-state index is 13.5. The van der Waals surface area contributed by atoms with Crippen LogP contribution >= 0.6 is 11.8 Å². The number of thioether (sulfide) groups is 1. The van der Waals surface area contributed by atoms with E-state index in [1.54, 1.807) is 0 Å². The summed E-state index contributed by atoms with van der Waals surface area (Å²) >= 11 is 1.32. The summed E-state index contributed by atoms with van der Waals surface area (Å²) in [5, 5.41) is 10.9. The quantitative estimate of drug-likeness (QED) is 0.362. The number of hydrogen-bond donors (Lipinski definition) is 3. The predicted octanol–water partition coefficient (Wildman–Crippen LogP) is -0.582. The van der Waals surface area contributed by atoms with Gasteiger partial charge in [-0.2, -0.15) is 13.2 Å². The lowest BCUT2D eigenvalue weighted by atomic mass is 10.0. The largest absolute Gasteiger partial charge is 0.542 e. The van der Waals surface area contributed by atoms with Crippen LogP contribution in [0.2, 0.25) is 0 Å². The first-order valence-corrected chi connectivity index (χ1v) is 12.5. The van der Waals surface area contributed by atoms with Crippen molar-refractivity contribution in [2.24, 2.45) is 5.73 Å². The van der Waals surface area contributed by atoms with Crippen LogP contribution in [0, 0.1) is 0 Å². The van der Waals surface area contributed by atoms with Crippen LogP contribution < -0.4 is 21.9 Å². The Kier molecular flexibility index (Phi) is 11.5. The number of carbonyl (C=O) groups excluding carboxylic acids is 5. The number of halogens is 3. The van der Waals surface area contributed by atoms with Gasteiger partial charge >= 0.3 is 6.18 Å². The lowest BCUT2D eigenvalue weighted by Crippen LogP contribution is -2.70. The van der Waals surface area contributed by atoms with Crippen molar-refractivity contribution >= 4 is 41.2 Å². The van der Waals surface area contributed by atoms with Gasteiger partial charge in [0.15, 0.2) is 11.8 Å². The summed E-state index contributed by atoms with van der Waals surface area (Å²) in [6, 6.07) is 16.9. The number of benzene rings is 2. The molecule has 0 radical (unpaired) electrons. The van der Waals surface area contributed by atoms with Crippen LogP contribution in [0.5, 0.6) is 0 Å². The van der Waals surface area contributed by atoms with Crippen LogP contribution in [0.1, 0.15) is 18.4 Å². The van der Waals surface area contributed by atoms with Crippen LogP contribution in [0.25, 0.3) is 0 Å². The van der Waals surface area contributed by atoms with Gasteiger partial charge in [-0.25, -0.2) is 0 Å². The molecule has 10 nitrogen and oxygen atoms in total. The molecule has 2 aromatic carbocycles. The number of carboxylic acid groups (broad SMARTS) is 1. The van der Waals surface area contributed by atoms with Gasteiger partial charge in [-0.15, -0.1) is 0 Å². The highest BCUT2D eigenvalue weighted by Crippen LogP contribution is 2.31. The van der Waals surface area contributed by atoms with Gasteiger partial charge in [0.05, 0.1) is 6.42 Å². The molecule has 210 valence electrons. The van der Waals surface area contributed by atoms with Crippen molar-refractivity contribution in [1.29, 1.82) is 0 Å². The summed E-state index contributed by atoms with van der Waals surface area (Å²) in [4.78, 5) is 61.1. The first kappa shape index (κ1) is 31.3. The number of alkyl halides is 3. The van der Waals surface area contributed by atoms with Crippen molar-refractivity contribution in [3.8, 4) is 0 Å². The fraction of sp³-hybridized carbons (Fsp3) is 0.320. The number of primary amides is 1. The summed E-state index contributed by atoms with van der Waals surface area (Å²) in [6.45, 7) is 0.290. The number of rotatable bonds is 9. The van der Waals surface area contributed by atoms with Gasteiger partial charge in [0.25, 0.3) is 5.91 Å². The zero-order valence-corrected chi connectivity index (χ0v) is 21.4. The molecule has 0 spiro atoms. The average molecular weight is 569 g/mol. The number of carboxylic acids is 1. The van der Waals surface area contributed by atoms with Gasteiger partial charge in [0.2, 0.25) is 11.8 Å². The Hall–Kier alpha value is -3.91. The van der Waals surface area contributed by atoms with Crippen LogP contribution in [-0.2, 0) is 30.4 Å². The van der Waals surface area contributed by atoms with Gasteiger partial charge in [-0.05, 0) is 17.7 Å². The van der Waals surface area contributed by atoms with Gasteiger partial charge in [0, 0.05) is 24.3 Å². The number of ketones is 1. The van der Waals surface area contributed by atoms with Crippen molar-refractivity contribution < 1.29 is 48.0 Å². The molecular weight excluding hydrogens is 541 g/mol. The number of likely N-dealkylation sites (tertiary alicyclic amines) is 1. The van der Waals surface area contributed by atoms with Crippen LogP contribution in [0.4, 0.5) is 13.2 Å². The molecule has 3 amide bonds. The Morgan fingerprint density at radius 3 is 2.13 bits per heavy atom. The average Bonchev–Trinajstić information content (AvgIpc) is 3.23. The summed E-state index contributed by atoms with van der Waals surface area (Å²) in [7, 11) is 0. The third-order valence-corrected chi connectivity index (χ3v) is 6.66. The van der Waals surface area contributed by atoms with Crippen LogP contribution in [-0.4, -0.2) is 64.6 Å². The molecule has 6 N–H and O–H groups in total. The van der Waals surface area contributed by atoms with Gasteiger partial charge < -0.3 is 31.6 Å². The molecular formula is C25H27F3N4O6S. The number of aliphatic carboxylic acids is 1. The molecule has 14 heteroatoms. The number of hydrogen-bond acceptors (Lipinski definition) is 7. The smallest absolute Gasteiger partial charge is 0.430 e. The molecule has 0 bridgehead atoms. The zero-order chi connectivity index (χ0) is 29.2. The first-order chi connectivity index (χ1) is 18.3. The first-order valence-electron chi connectivity index (χ1n) is 11.6. The molecule has 1 aliphatic rings. The fourth-order valence-electron chi connectivity index (χ4n) is 3.50. The number of nitrogens with two attached hydrogens (primary N) is 1. The van der Waals surface area contributed by atoms with Gasteiger partial charge in [0.1, 0.15) is 17.4 Å². The van der Waals surface area contributed by atoms with E-state index < -0.39 is 41.4 Å². The number of quaternary nitrogens is 1. The summed E-state index contributed by atoms with van der Waals surface area (Å²) in [5.41, 5.74) is 9.72. The number of amides is 3. The third-order valence-electron chi connectivity index (χ3n) is 5.38. The SMILES string of the molecule is NC(=O)C[C@H]([NH3+])C(=O)N[C@@H](Cc1ccccc1)C(=O)N1CCC(=O)C1Sc1ccccc1.O=C([O-])C(F)(F)F. The highest BCUT2D eigenvalue weighted by atomic mass is 32.2. The van der Waals surface area contributed by atoms with Crippen molar-refractivity contribution in [3.05, 3.63) is 66.2 Å². The molecule has 3 rings (SSSR count). The third kappa shape index (κ3) is 10.1. The topological polar surface area (TPSA) is 177 Å². The zero-order valence-electron chi connectivity index (χ0n) is 20.6. The van der Waals surface area contributed by atoms with Crippen molar-refractivity contribution in [3.63, 3.8) is 0 Å². The Morgan fingerprint density at radius 1 is 1.08 bits per heavy atom. The van der Waals surface area contributed by atoms with E-state index in [-0.39, 0.29) is 31.0 Å². The second-order valence-corrected chi connectivity index (χ2v) is 9.59. The minimum atomic E-state index is -5.19. The molecule has 0 saturated carbocycles. The molecule has 0 aromatic heterocycles. The number of carbonyl (C=O) groups is 5. The fourth-order valence-corrected chi connectivity index (χ4v) is 4.66. The Balaban J connectivity index is 0.000000673.